The van der Waals surface area contributed by atoms with E-state index in [-0.39, 0.29) is 12.1 Å². The lowest BCUT2D eigenvalue weighted by atomic mass is 9.94. The number of rotatable bonds is 6. The molecule has 1 saturated heterocycles. The first kappa shape index (κ1) is 17.0. The number of thiazole rings is 1. The Labute approximate surface area is 136 Å². The SMILES string of the molecule is CCCCNC(=O)NC1CCN(Cc2cnc(N)s2)CC1C. The van der Waals surface area contributed by atoms with E-state index in [1.54, 1.807) is 11.3 Å². The summed E-state index contributed by atoms with van der Waals surface area (Å²) in [7, 11) is 0. The van der Waals surface area contributed by atoms with Crippen LogP contribution in [0.4, 0.5) is 9.93 Å². The zero-order valence-corrected chi connectivity index (χ0v) is 14.3. The molecule has 0 aromatic carbocycles. The van der Waals surface area contributed by atoms with Gasteiger partial charge in [-0.1, -0.05) is 20.3 Å². The van der Waals surface area contributed by atoms with Gasteiger partial charge >= 0.3 is 6.03 Å². The molecule has 22 heavy (non-hydrogen) atoms. The molecule has 0 radical (unpaired) electrons. The van der Waals surface area contributed by atoms with Gasteiger partial charge in [0.25, 0.3) is 0 Å². The molecule has 0 saturated carbocycles. The average Bonchev–Trinajstić information content (AvgIpc) is 2.87. The second kappa shape index (κ2) is 8.33. The number of hydrogen-bond acceptors (Lipinski definition) is 5. The highest BCUT2D eigenvalue weighted by atomic mass is 32.1. The van der Waals surface area contributed by atoms with E-state index < -0.39 is 0 Å². The Hall–Kier alpha value is -1.34. The third-order valence-corrected chi connectivity index (χ3v) is 4.88. The Kier molecular flexibility index (Phi) is 6.45. The molecule has 2 atom stereocenters. The largest absolute Gasteiger partial charge is 0.375 e. The van der Waals surface area contributed by atoms with E-state index in [0.717, 1.165) is 45.4 Å². The van der Waals surface area contributed by atoms with Gasteiger partial charge < -0.3 is 16.4 Å². The van der Waals surface area contributed by atoms with Crippen molar-refractivity contribution in [3.05, 3.63) is 11.1 Å². The van der Waals surface area contributed by atoms with Gasteiger partial charge in [-0.3, -0.25) is 4.90 Å². The van der Waals surface area contributed by atoms with Gasteiger partial charge in [0.1, 0.15) is 0 Å². The topological polar surface area (TPSA) is 83.3 Å². The minimum absolute atomic E-state index is 0.0334. The molecule has 4 N–H and O–H groups in total. The van der Waals surface area contributed by atoms with Crippen LogP contribution in [0.5, 0.6) is 0 Å². The van der Waals surface area contributed by atoms with Gasteiger partial charge in [0, 0.05) is 43.3 Å². The van der Waals surface area contributed by atoms with E-state index in [0.29, 0.717) is 11.0 Å². The minimum atomic E-state index is -0.0334. The number of hydrogen-bond donors (Lipinski definition) is 3. The fourth-order valence-corrected chi connectivity index (χ4v) is 3.53. The Morgan fingerprint density at radius 2 is 2.41 bits per heavy atom. The molecule has 2 heterocycles. The molecule has 7 heteroatoms. The van der Waals surface area contributed by atoms with Crippen molar-refractivity contribution >= 4 is 22.5 Å². The molecule has 0 aliphatic carbocycles. The quantitative estimate of drug-likeness (QED) is 0.699. The van der Waals surface area contributed by atoms with Gasteiger partial charge in [0.2, 0.25) is 0 Å². The second-order valence-electron chi connectivity index (χ2n) is 6.03. The molecule has 0 spiro atoms. The molecule has 1 fully saturated rings. The number of nitrogens with two attached hydrogens (primary N) is 1. The standard InChI is InChI=1S/C15H27N5OS/c1-3-4-6-17-15(21)19-13-5-7-20(9-11(13)2)10-12-8-18-14(16)22-12/h8,11,13H,3-7,9-10H2,1-2H3,(H2,16,18)(H2,17,19,21). The molecule has 1 aromatic heterocycles. The zero-order chi connectivity index (χ0) is 15.9. The lowest BCUT2D eigenvalue weighted by molar-refractivity contribution is 0.143. The number of piperidine rings is 1. The van der Waals surface area contributed by atoms with Crippen molar-refractivity contribution in [2.75, 3.05) is 25.4 Å². The summed E-state index contributed by atoms with van der Waals surface area (Å²) < 4.78 is 0. The van der Waals surface area contributed by atoms with Gasteiger partial charge in [-0.15, -0.1) is 11.3 Å². The number of urea groups is 1. The highest BCUT2D eigenvalue weighted by molar-refractivity contribution is 7.15. The van der Waals surface area contributed by atoms with Crippen LogP contribution in [0, 0.1) is 5.92 Å². The number of amides is 2. The lowest BCUT2D eigenvalue weighted by Crippen LogP contribution is -2.52. The third kappa shape index (κ3) is 5.14. The first-order valence-electron chi connectivity index (χ1n) is 8.05. The van der Waals surface area contributed by atoms with Crippen LogP contribution in [0.2, 0.25) is 0 Å². The lowest BCUT2D eigenvalue weighted by Gasteiger charge is -2.37. The summed E-state index contributed by atoms with van der Waals surface area (Å²) in [6, 6.07) is 0.221. The van der Waals surface area contributed by atoms with Crippen LogP contribution in [0.25, 0.3) is 0 Å². The summed E-state index contributed by atoms with van der Waals surface area (Å²) >= 11 is 1.55. The number of anilines is 1. The molecule has 2 rings (SSSR count). The number of nitrogen functional groups attached to an aromatic ring is 1. The van der Waals surface area contributed by atoms with Crippen LogP contribution < -0.4 is 16.4 Å². The number of aromatic nitrogens is 1. The molecule has 1 aromatic rings. The number of likely N-dealkylation sites (tertiary alicyclic amines) is 1. The van der Waals surface area contributed by atoms with Crippen molar-refractivity contribution in [2.24, 2.45) is 5.92 Å². The molecule has 1 aliphatic heterocycles. The Morgan fingerprint density at radius 3 is 3.05 bits per heavy atom. The van der Waals surface area contributed by atoms with Crippen molar-refractivity contribution in [3.8, 4) is 0 Å². The van der Waals surface area contributed by atoms with Crippen LogP contribution in [0.3, 0.4) is 0 Å². The average molecular weight is 325 g/mol. The van der Waals surface area contributed by atoms with E-state index in [2.05, 4.69) is 34.4 Å². The van der Waals surface area contributed by atoms with Crippen molar-refractivity contribution in [3.63, 3.8) is 0 Å². The molecule has 2 amide bonds. The molecular weight excluding hydrogens is 298 g/mol. The summed E-state index contributed by atoms with van der Waals surface area (Å²) in [5.74, 6) is 0.441. The van der Waals surface area contributed by atoms with E-state index in [4.69, 9.17) is 5.73 Å². The highest BCUT2D eigenvalue weighted by Crippen LogP contribution is 2.22. The van der Waals surface area contributed by atoms with E-state index in [1.165, 1.54) is 4.88 Å². The van der Waals surface area contributed by atoms with Crippen molar-refractivity contribution in [1.29, 1.82) is 0 Å². The number of carbonyl (C=O) groups is 1. The Bertz CT molecular complexity index is 478. The number of nitrogens with zero attached hydrogens (tertiary/aromatic N) is 2. The fourth-order valence-electron chi connectivity index (χ4n) is 2.80. The maximum absolute atomic E-state index is 11.9. The van der Waals surface area contributed by atoms with Crippen LogP contribution in [0.15, 0.2) is 6.20 Å². The first-order chi connectivity index (χ1) is 10.6. The van der Waals surface area contributed by atoms with E-state index in [1.807, 2.05) is 6.20 Å². The van der Waals surface area contributed by atoms with Crippen LogP contribution >= 0.6 is 11.3 Å². The summed E-state index contributed by atoms with van der Waals surface area (Å²) in [5, 5.41) is 6.66. The van der Waals surface area contributed by atoms with Gasteiger partial charge in [0.05, 0.1) is 0 Å². The number of unbranched alkanes of at least 4 members (excludes halogenated alkanes) is 1. The maximum atomic E-state index is 11.9. The normalized spacial score (nSPS) is 22.5. The van der Waals surface area contributed by atoms with Gasteiger partial charge in [-0.2, -0.15) is 0 Å². The predicted octanol–water partition coefficient (Wildman–Crippen LogP) is 2.03. The van der Waals surface area contributed by atoms with Crippen molar-refractivity contribution in [1.82, 2.24) is 20.5 Å². The highest BCUT2D eigenvalue weighted by Gasteiger charge is 2.27. The zero-order valence-electron chi connectivity index (χ0n) is 13.5. The maximum Gasteiger partial charge on any atom is 0.315 e. The van der Waals surface area contributed by atoms with Gasteiger partial charge in [0.15, 0.2) is 5.13 Å². The molecule has 2 unspecified atom stereocenters. The van der Waals surface area contributed by atoms with Crippen molar-refractivity contribution < 1.29 is 4.79 Å². The summed E-state index contributed by atoms with van der Waals surface area (Å²) in [5.41, 5.74) is 5.67. The smallest absolute Gasteiger partial charge is 0.315 e. The van der Waals surface area contributed by atoms with Crippen LogP contribution in [-0.4, -0.2) is 41.6 Å². The molecule has 6 nitrogen and oxygen atoms in total. The summed E-state index contributed by atoms with van der Waals surface area (Å²) in [6.45, 7) is 7.94. The number of nitrogens with one attached hydrogen (secondary N) is 2. The van der Waals surface area contributed by atoms with Crippen LogP contribution in [0.1, 0.15) is 38.0 Å². The first-order valence-corrected chi connectivity index (χ1v) is 8.87. The second-order valence-corrected chi connectivity index (χ2v) is 7.17. The molecule has 1 aliphatic rings. The van der Waals surface area contributed by atoms with E-state index in [9.17, 15) is 4.79 Å². The Morgan fingerprint density at radius 1 is 1.59 bits per heavy atom. The summed E-state index contributed by atoms with van der Waals surface area (Å²) in [6.07, 6.45) is 4.96. The predicted molar refractivity (Wildman–Crippen MR) is 90.8 cm³/mol. The molecule has 124 valence electrons. The summed E-state index contributed by atoms with van der Waals surface area (Å²) in [4.78, 5) is 19.6. The van der Waals surface area contributed by atoms with Gasteiger partial charge in [-0.25, -0.2) is 9.78 Å². The third-order valence-electron chi connectivity index (χ3n) is 4.07. The van der Waals surface area contributed by atoms with E-state index >= 15 is 0 Å². The Balaban J connectivity index is 1.73. The van der Waals surface area contributed by atoms with Gasteiger partial charge in [-0.05, 0) is 18.8 Å². The van der Waals surface area contributed by atoms with Crippen LogP contribution in [-0.2, 0) is 6.54 Å². The van der Waals surface area contributed by atoms with Crippen molar-refractivity contribution in [2.45, 2.75) is 45.7 Å². The fraction of sp³-hybridized carbons (Fsp3) is 0.733. The number of carbonyl (C=O) groups excluding carboxylic acids is 1. The minimum Gasteiger partial charge on any atom is -0.375 e. The molecule has 0 bridgehead atoms. The monoisotopic (exact) mass is 325 g/mol. The molecular formula is C15H27N5OS.